The number of alkyl halides is 3. The molecular formula is C7H3F3I2O. The molecule has 0 aliphatic heterocycles. The predicted molar refractivity (Wildman–Crippen MR) is 58.6 cm³/mol. The zero-order valence-electron chi connectivity index (χ0n) is 6.03. The maximum Gasteiger partial charge on any atom is 0.573 e. The van der Waals surface area contributed by atoms with E-state index in [1.54, 1.807) is 6.07 Å². The SMILES string of the molecule is FC(F)(F)Oc1ccc(I)c(I)c1. The molecule has 0 radical (unpaired) electrons. The van der Waals surface area contributed by atoms with E-state index < -0.39 is 6.36 Å². The highest BCUT2D eigenvalue weighted by atomic mass is 127. The molecule has 0 heterocycles. The van der Waals surface area contributed by atoms with Crippen molar-refractivity contribution in [3.8, 4) is 5.75 Å². The second-order valence-corrected chi connectivity index (χ2v) is 4.45. The van der Waals surface area contributed by atoms with Gasteiger partial charge in [-0.15, -0.1) is 13.2 Å². The molecule has 0 fully saturated rings. The fraction of sp³-hybridized carbons (Fsp3) is 0.143. The number of hydrogen-bond acceptors (Lipinski definition) is 1. The predicted octanol–water partition coefficient (Wildman–Crippen LogP) is 3.79. The highest BCUT2D eigenvalue weighted by Crippen LogP contribution is 2.26. The maximum atomic E-state index is 11.7. The lowest BCUT2D eigenvalue weighted by atomic mass is 10.3. The molecule has 1 nitrogen and oxygen atoms in total. The number of ether oxygens (including phenoxy) is 1. The summed E-state index contributed by atoms with van der Waals surface area (Å²) in [6.45, 7) is 0. The van der Waals surface area contributed by atoms with Gasteiger partial charge in [0.25, 0.3) is 0 Å². The van der Waals surface area contributed by atoms with Crippen LogP contribution in [0.2, 0.25) is 0 Å². The third-order valence-electron chi connectivity index (χ3n) is 1.12. The van der Waals surface area contributed by atoms with Crippen molar-refractivity contribution < 1.29 is 17.9 Å². The van der Waals surface area contributed by atoms with Crippen molar-refractivity contribution in [1.82, 2.24) is 0 Å². The number of benzene rings is 1. The molecule has 0 spiro atoms. The summed E-state index contributed by atoms with van der Waals surface area (Å²) in [5.74, 6) is -0.183. The average molecular weight is 414 g/mol. The van der Waals surface area contributed by atoms with E-state index in [0.717, 1.165) is 7.14 Å². The van der Waals surface area contributed by atoms with Gasteiger partial charge in [-0.3, -0.25) is 0 Å². The van der Waals surface area contributed by atoms with Gasteiger partial charge < -0.3 is 4.74 Å². The highest BCUT2D eigenvalue weighted by molar-refractivity contribution is 14.1. The minimum atomic E-state index is -4.62. The van der Waals surface area contributed by atoms with E-state index >= 15 is 0 Å². The Hall–Kier alpha value is 0.270. The molecule has 0 aliphatic carbocycles. The van der Waals surface area contributed by atoms with Crippen LogP contribution in [0.3, 0.4) is 0 Å². The van der Waals surface area contributed by atoms with Crippen LogP contribution in [-0.4, -0.2) is 6.36 Å². The molecule has 0 aliphatic rings. The van der Waals surface area contributed by atoms with E-state index in [2.05, 4.69) is 4.74 Å². The van der Waals surface area contributed by atoms with Crippen molar-refractivity contribution in [3.05, 3.63) is 25.3 Å². The van der Waals surface area contributed by atoms with Gasteiger partial charge in [-0.2, -0.15) is 0 Å². The Morgan fingerprint density at radius 1 is 1.08 bits per heavy atom. The fourth-order valence-corrected chi connectivity index (χ4v) is 1.50. The second kappa shape index (κ2) is 4.20. The molecule has 1 aromatic carbocycles. The summed E-state index contributed by atoms with van der Waals surface area (Å²) in [4.78, 5) is 0. The summed E-state index contributed by atoms with van der Waals surface area (Å²) >= 11 is 3.98. The van der Waals surface area contributed by atoms with Crippen LogP contribution in [-0.2, 0) is 0 Å². The van der Waals surface area contributed by atoms with Crippen molar-refractivity contribution in [1.29, 1.82) is 0 Å². The fourth-order valence-electron chi connectivity index (χ4n) is 0.674. The minimum absolute atomic E-state index is 0.183. The topological polar surface area (TPSA) is 9.23 Å². The molecule has 0 bridgehead atoms. The van der Waals surface area contributed by atoms with Gasteiger partial charge in [0.2, 0.25) is 0 Å². The van der Waals surface area contributed by atoms with Gasteiger partial charge in [-0.25, -0.2) is 0 Å². The van der Waals surface area contributed by atoms with Crippen LogP contribution in [0.5, 0.6) is 5.75 Å². The highest BCUT2D eigenvalue weighted by Gasteiger charge is 2.31. The van der Waals surface area contributed by atoms with Gasteiger partial charge >= 0.3 is 6.36 Å². The Balaban J connectivity index is 2.86. The Kier molecular flexibility index (Phi) is 3.66. The van der Waals surface area contributed by atoms with E-state index in [9.17, 15) is 13.2 Å². The van der Waals surface area contributed by atoms with Crippen LogP contribution in [0.15, 0.2) is 18.2 Å². The number of hydrogen-bond donors (Lipinski definition) is 0. The first-order valence-electron chi connectivity index (χ1n) is 3.09. The van der Waals surface area contributed by atoms with Crippen molar-refractivity contribution >= 4 is 45.2 Å². The normalized spacial score (nSPS) is 11.5. The zero-order chi connectivity index (χ0) is 10.1. The van der Waals surface area contributed by atoms with Gasteiger partial charge in [0.15, 0.2) is 0 Å². The van der Waals surface area contributed by atoms with Crippen molar-refractivity contribution in [2.45, 2.75) is 6.36 Å². The van der Waals surface area contributed by atoms with Gasteiger partial charge in [-0.05, 0) is 63.4 Å². The van der Waals surface area contributed by atoms with E-state index in [1.807, 2.05) is 45.2 Å². The number of rotatable bonds is 1. The molecule has 1 aromatic rings. The monoisotopic (exact) mass is 414 g/mol. The molecule has 0 saturated carbocycles. The summed E-state index contributed by atoms with van der Waals surface area (Å²) in [7, 11) is 0. The second-order valence-electron chi connectivity index (χ2n) is 2.12. The first kappa shape index (κ1) is 11.3. The Labute approximate surface area is 99.9 Å². The lowest BCUT2D eigenvalue weighted by Gasteiger charge is -2.09. The van der Waals surface area contributed by atoms with Crippen LogP contribution >= 0.6 is 45.2 Å². The summed E-state index contributed by atoms with van der Waals surface area (Å²) in [5, 5.41) is 0. The first-order chi connectivity index (χ1) is 5.88. The summed E-state index contributed by atoms with van der Waals surface area (Å²) in [6, 6.07) is 4.21. The summed E-state index contributed by atoms with van der Waals surface area (Å²) < 4.78 is 40.6. The third kappa shape index (κ3) is 3.88. The van der Waals surface area contributed by atoms with Crippen molar-refractivity contribution in [2.24, 2.45) is 0 Å². The van der Waals surface area contributed by atoms with Crippen molar-refractivity contribution in [2.75, 3.05) is 0 Å². The molecule has 0 atom stereocenters. The molecule has 0 saturated heterocycles. The quantitative estimate of drug-likeness (QED) is 0.636. The van der Waals surface area contributed by atoms with E-state index in [1.165, 1.54) is 12.1 Å². The molecular weight excluding hydrogens is 411 g/mol. The Morgan fingerprint density at radius 2 is 1.69 bits per heavy atom. The van der Waals surface area contributed by atoms with Gasteiger partial charge in [0.1, 0.15) is 5.75 Å². The first-order valence-corrected chi connectivity index (χ1v) is 5.25. The Bertz CT molecular complexity index is 311. The number of halogens is 5. The van der Waals surface area contributed by atoms with Gasteiger partial charge in [0.05, 0.1) is 0 Å². The van der Waals surface area contributed by atoms with E-state index in [-0.39, 0.29) is 5.75 Å². The van der Waals surface area contributed by atoms with E-state index in [0.29, 0.717) is 0 Å². The zero-order valence-corrected chi connectivity index (χ0v) is 10.3. The molecule has 0 unspecified atom stereocenters. The molecule has 0 amide bonds. The molecule has 13 heavy (non-hydrogen) atoms. The van der Waals surface area contributed by atoms with Crippen LogP contribution in [0.1, 0.15) is 0 Å². The molecule has 72 valence electrons. The minimum Gasteiger partial charge on any atom is -0.406 e. The van der Waals surface area contributed by atoms with Gasteiger partial charge in [-0.1, -0.05) is 0 Å². The smallest absolute Gasteiger partial charge is 0.406 e. The average Bonchev–Trinajstić information content (AvgIpc) is 1.94. The summed E-state index contributed by atoms with van der Waals surface area (Å²) in [6.07, 6.45) is -4.62. The van der Waals surface area contributed by atoms with Crippen LogP contribution < -0.4 is 4.74 Å². The largest absolute Gasteiger partial charge is 0.573 e. The van der Waals surface area contributed by atoms with Gasteiger partial charge in [0, 0.05) is 7.14 Å². The summed E-state index contributed by atoms with van der Waals surface area (Å²) in [5.41, 5.74) is 0. The van der Waals surface area contributed by atoms with Crippen LogP contribution in [0.4, 0.5) is 13.2 Å². The van der Waals surface area contributed by atoms with Crippen molar-refractivity contribution in [3.63, 3.8) is 0 Å². The molecule has 0 aromatic heterocycles. The third-order valence-corrected chi connectivity index (χ3v) is 3.99. The standard InChI is InChI=1S/C7H3F3I2O/c8-7(9,10)13-4-1-2-5(11)6(12)3-4/h1-3H. The molecule has 1 rings (SSSR count). The van der Waals surface area contributed by atoms with Crippen LogP contribution in [0, 0.1) is 7.14 Å². The Morgan fingerprint density at radius 3 is 2.15 bits per heavy atom. The molecule has 0 N–H and O–H groups in total. The maximum absolute atomic E-state index is 11.7. The van der Waals surface area contributed by atoms with E-state index in [4.69, 9.17) is 0 Å². The molecule has 6 heteroatoms. The lowest BCUT2D eigenvalue weighted by Crippen LogP contribution is -2.17. The lowest BCUT2D eigenvalue weighted by molar-refractivity contribution is -0.274. The van der Waals surface area contributed by atoms with Crippen LogP contribution in [0.25, 0.3) is 0 Å².